The fraction of sp³-hybridized carbons (Fsp3) is 0.100. The lowest BCUT2D eigenvalue weighted by molar-refractivity contribution is 1.30. The molecular formula is C10H8ClN. The Bertz CT molecular complexity index is 361. The molecule has 0 fully saturated rings. The summed E-state index contributed by atoms with van der Waals surface area (Å²) in [5, 5.41) is 8.59. The van der Waals surface area contributed by atoms with Crippen LogP contribution in [0.3, 0.4) is 0 Å². The Morgan fingerprint density at radius 3 is 2.92 bits per heavy atom. The van der Waals surface area contributed by atoms with Gasteiger partial charge in [0.2, 0.25) is 0 Å². The van der Waals surface area contributed by atoms with Crippen molar-refractivity contribution in [1.29, 1.82) is 5.26 Å². The van der Waals surface area contributed by atoms with E-state index in [2.05, 4.69) is 18.2 Å². The molecule has 0 unspecified atom stereocenters. The van der Waals surface area contributed by atoms with Gasteiger partial charge >= 0.3 is 0 Å². The molecule has 0 spiro atoms. The van der Waals surface area contributed by atoms with E-state index in [4.69, 9.17) is 5.26 Å². The molecule has 0 N–H and O–H groups in total. The van der Waals surface area contributed by atoms with Crippen LogP contribution in [0.1, 0.15) is 16.7 Å². The van der Waals surface area contributed by atoms with Crippen LogP contribution in [0.25, 0.3) is 6.08 Å². The van der Waals surface area contributed by atoms with Gasteiger partial charge in [0.05, 0.1) is 11.6 Å². The third kappa shape index (κ3) is 1.34. The second kappa shape index (κ2) is 3.42. The second-order valence-electron chi connectivity index (χ2n) is 2.63. The van der Waals surface area contributed by atoms with Crippen molar-refractivity contribution in [3.63, 3.8) is 0 Å². The van der Waals surface area contributed by atoms with Crippen molar-refractivity contribution >= 4 is 18.5 Å². The third-order valence-electron chi connectivity index (χ3n) is 1.91. The lowest BCUT2D eigenvalue weighted by Crippen LogP contribution is -1.82. The average molecular weight is 178 g/mol. The Balaban J connectivity index is 0.000000720. The van der Waals surface area contributed by atoms with E-state index in [1.807, 2.05) is 18.2 Å². The maximum absolute atomic E-state index is 8.59. The van der Waals surface area contributed by atoms with Gasteiger partial charge in [0.15, 0.2) is 0 Å². The molecule has 0 atom stereocenters. The highest BCUT2D eigenvalue weighted by atomic mass is 35.5. The lowest BCUT2D eigenvalue weighted by Gasteiger charge is -1.96. The molecule has 0 radical (unpaired) electrons. The molecule has 1 aromatic carbocycles. The van der Waals surface area contributed by atoms with Crippen LogP contribution in [-0.4, -0.2) is 0 Å². The monoisotopic (exact) mass is 177 g/mol. The number of fused-ring (bicyclic) bond motifs is 1. The molecule has 60 valence electrons. The maximum Gasteiger partial charge on any atom is 0.0991 e. The van der Waals surface area contributed by atoms with Gasteiger partial charge in [-0.3, -0.25) is 0 Å². The molecular weight excluding hydrogens is 170 g/mol. The number of nitriles is 1. The Labute approximate surface area is 77.7 Å². The van der Waals surface area contributed by atoms with Crippen LogP contribution in [0.5, 0.6) is 0 Å². The highest BCUT2D eigenvalue weighted by Gasteiger charge is 2.04. The molecule has 1 aliphatic rings. The minimum absolute atomic E-state index is 0. The van der Waals surface area contributed by atoms with Crippen molar-refractivity contribution in [2.45, 2.75) is 6.42 Å². The van der Waals surface area contributed by atoms with E-state index >= 15 is 0 Å². The van der Waals surface area contributed by atoms with Gasteiger partial charge in [-0.1, -0.05) is 18.2 Å². The third-order valence-corrected chi connectivity index (χ3v) is 1.91. The minimum atomic E-state index is 0. The number of rotatable bonds is 0. The zero-order valence-electron chi connectivity index (χ0n) is 6.45. The quantitative estimate of drug-likeness (QED) is 0.598. The van der Waals surface area contributed by atoms with Gasteiger partial charge in [-0.15, -0.1) is 12.4 Å². The van der Waals surface area contributed by atoms with Crippen LogP contribution >= 0.6 is 12.4 Å². The summed E-state index contributed by atoms with van der Waals surface area (Å²) in [6, 6.07) is 7.94. The van der Waals surface area contributed by atoms with Gasteiger partial charge < -0.3 is 0 Å². The Morgan fingerprint density at radius 1 is 1.33 bits per heavy atom. The number of allylic oxidation sites excluding steroid dienone is 1. The van der Waals surface area contributed by atoms with Gasteiger partial charge in [-0.05, 0) is 29.7 Å². The van der Waals surface area contributed by atoms with Crippen LogP contribution in [0, 0.1) is 11.3 Å². The summed E-state index contributed by atoms with van der Waals surface area (Å²) in [7, 11) is 0. The molecule has 0 aromatic heterocycles. The summed E-state index contributed by atoms with van der Waals surface area (Å²) in [5.41, 5.74) is 3.27. The van der Waals surface area contributed by atoms with E-state index in [9.17, 15) is 0 Å². The van der Waals surface area contributed by atoms with Crippen molar-refractivity contribution in [3.05, 3.63) is 41.0 Å². The first-order valence-corrected chi connectivity index (χ1v) is 3.60. The van der Waals surface area contributed by atoms with Crippen molar-refractivity contribution in [2.24, 2.45) is 0 Å². The summed E-state index contributed by atoms with van der Waals surface area (Å²) < 4.78 is 0. The van der Waals surface area contributed by atoms with Crippen molar-refractivity contribution in [3.8, 4) is 6.07 Å². The fourth-order valence-corrected chi connectivity index (χ4v) is 1.32. The van der Waals surface area contributed by atoms with Crippen molar-refractivity contribution in [1.82, 2.24) is 0 Å². The largest absolute Gasteiger partial charge is 0.192 e. The van der Waals surface area contributed by atoms with Gasteiger partial charge in [0.25, 0.3) is 0 Å². The number of benzene rings is 1. The summed E-state index contributed by atoms with van der Waals surface area (Å²) in [4.78, 5) is 0. The number of hydrogen-bond donors (Lipinski definition) is 0. The maximum atomic E-state index is 8.59. The van der Waals surface area contributed by atoms with Crippen LogP contribution in [0.15, 0.2) is 24.3 Å². The van der Waals surface area contributed by atoms with Gasteiger partial charge in [0, 0.05) is 0 Å². The highest BCUT2D eigenvalue weighted by molar-refractivity contribution is 5.85. The van der Waals surface area contributed by atoms with E-state index in [-0.39, 0.29) is 12.4 Å². The smallest absolute Gasteiger partial charge is 0.0991 e. The molecule has 0 saturated heterocycles. The molecule has 0 heterocycles. The lowest BCUT2D eigenvalue weighted by atomic mass is 10.1. The zero-order valence-corrected chi connectivity index (χ0v) is 7.27. The Morgan fingerprint density at radius 2 is 2.17 bits per heavy atom. The molecule has 2 heteroatoms. The van der Waals surface area contributed by atoms with E-state index in [1.54, 1.807) is 0 Å². The molecule has 0 bridgehead atoms. The number of hydrogen-bond acceptors (Lipinski definition) is 1. The summed E-state index contributed by atoms with van der Waals surface area (Å²) in [6.07, 6.45) is 5.20. The van der Waals surface area contributed by atoms with Crippen LogP contribution < -0.4 is 0 Å². The summed E-state index contributed by atoms with van der Waals surface area (Å²) in [5.74, 6) is 0. The highest BCUT2D eigenvalue weighted by Crippen LogP contribution is 2.19. The van der Waals surface area contributed by atoms with Gasteiger partial charge in [-0.25, -0.2) is 0 Å². The Kier molecular flexibility index (Phi) is 2.52. The predicted octanol–water partition coefficient (Wildman–Crippen LogP) is 2.55. The number of nitrogens with zero attached hydrogens (tertiary/aromatic N) is 1. The molecule has 0 amide bonds. The van der Waals surface area contributed by atoms with E-state index in [1.165, 1.54) is 11.1 Å². The van der Waals surface area contributed by atoms with Crippen molar-refractivity contribution < 1.29 is 0 Å². The summed E-state index contributed by atoms with van der Waals surface area (Å²) in [6.45, 7) is 0. The molecule has 0 aliphatic heterocycles. The van der Waals surface area contributed by atoms with Crippen LogP contribution in [0.2, 0.25) is 0 Å². The molecule has 0 saturated carbocycles. The molecule has 12 heavy (non-hydrogen) atoms. The van der Waals surface area contributed by atoms with E-state index in [0.29, 0.717) is 0 Å². The molecule has 1 nitrogen and oxygen atoms in total. The van der Waals surface area contributed by atoms with Crippen molar-refractivity contribution in [2.75, 3.05) is 0 Å². The van der Waals surface area contributed by atoms with E-state index in [0.717, 1.165) is 12.0 Å². The first kappa shape index (κ1) is 8.83. The first-order chi connectivity index (χ1) is 5.40. The Hall–Kier alpha value is -1.26. The standard InChI is InChI=1S/C10H7N.ClH/c11-7-8-4-5-9-2-1-3-10(9)6-8;/h1,3-6H,2H2;1H. The fourth-order valence-electron chi connectivity index (χ4n) is 1.32. The SMILES string of the molecule is Cl.N#Cc1ccc2c(c1)C=CC2. The number of halogens is 1. The van der Waals surface area contributed by atoms with Crippen LogP contribution in [-0.2, 0) is 6.42 Å². The predicted molar refractivity (Wildman–Crippen MR) is 51.1 cm³/mol. The zero-order chi connectivity index (χ0) is 7.68. The average Bonchev–Trinajstić information content (AvgIpc) is 2.50. The van der Waals surface area contributed by atoms with Crippen LogP contribution in [0.4, 0.5) is 0 Å². The minimum Gasteiger partial charge on any atom is -0.192 e. The van der Waals surface area contributed by atoms with Gasteiger partial charge in [-0.2, -0.15) is 5.26 Å². The molecule has 1 aromatic rings. The molecule has 1 aliphatic carbocycles. The molecule has 2 rings (SSSR count). The normalized spacial score (nSPS) is 11.6. The first-order valence-electron chi connectivity index (χ1n) is 3.60. The summed E-state index contributed by atoms with van der Waals surface area (Å²) >= 11 is 0. The van der Waals surface area contributed by atoms with E-state index < -0.39 is 0 Å². The topological polar surface area (TPSA) is 23.8 Å². The van der Waals surface area contributed by atoms with Gasteiger partial charge in [0.1, 0.15) is 0 Å². The second-order valence-corrected chi connectivity index (χ2v) is 2.63.